The van der Waals surface area contributed by atoms with Crippen molar-refractivity contribution >= 4 is 0 Å². The van der Waals surface area contributed by atoms with Gasteiger partial charge in [-0.1, -0.05) is 24.3 Å². The Kier molecular flexibility index (Phi) is 4.82. The summed E-state index contributed by atoms with van der Waals surface area (Å²) < 4.78 is 46.6. The van der Waals surface area contributed by atoms with Gasteiger partial charge in [0.25, 0.3) is 0 Å². The smallest absolute Gasteiger partial charge is 0.416 e. The van der Waals surface area contributed by atoms with Crippen molar-refractivity contribution in [3.8, 4) is 28.6 Å². The van der Waals surface area contributed by atoms with Crippen molar-refractivity contribution in [3.63, 3.8) is 0 Å². The van der Waals surface area contributed by atoms with E-state index in [4.69, 9.17) is 4.74 Å². The fourth-order valence-corrected chi connectivity index (χ4v) is 2.77. The molecule has 0 atom stereocenters. The largest absolute Gasteiger partial charge is 0.435 e. The first-order valence-electron chi connectivity index (χ1n) is 8.70. The van der Waals surface area contributed by atoms with Crippen LogP contribution in [-0.4, -0.2) is 24.3 Å². The number of aryl methyl sites for hydroxylation is 1. The van der Waals surface area contributed by atoms with Crippen molar-refractivity contribution in [2.24, 2.45) is 7.05 Å². The molecule has 0 aliphatic heterocycles. The minimum atomic E-state index is -4.41. The standard InChI is InChI=1S/C20H14F3N5O2/c1-27-19(29)28(12-25-27)16-4-2-3-5-17(16)30-18-11-24-10-15(26-18)13-6-8-14(9-7-13)20(21,22)23/h2-12H,1H3. The minimum absolute atomic E-state index is 0.122. The topological polar surface area (TPSA) is 74.8 Å². The summed E-state index contributed by atoms with van der Waals surface area (Å²) >= 11 is 0. The molecule has 2 aromatic carbocycles. The molecule has 0 N–H and O–H groups in total. The van der Waals surface area contributed by atoms with Gasteiger partial charge >= 0.3 is 11.9 Å². The van der Waals surface area contributed by atoms with Crippen LogP contribution in [-0.2, 0) is 13.2 Å². The number of nitrogens with zero attached hydrogens (tertiary/aromatic N) is 5. The fourth-order valence-electron chi connectivity index (χ4n) is 2.77. The summed E-state index contributed by atoms with van der Waals surface area (Å²) in [6.45, 7) is 0. The SMILES string of the molecule is Cn1ncn(-c2ccccc2Oc2cncc(-c3ccc(C(F)(F)F)cc3)n2)c1=O. The summed E-state index contributed by atoms with van der Waals surface area (Å²) in [5.74, 6) is 0.461. The molecule has 4 rings (SSSR count). The zero-order chi connectivity index (χ0) is 21.3. The Morgan fingerprint density at radius 3 is 2.40 bits per heavy atom. The minimum Gasteiger partial charge on any atom is -0.435 e. The highest BCUT2D eigenvalue weighted by atomic mass is 19.4. The molecule has 0 aliphatic carbocycles. The Bertz CT molecular complexity index is 1250. The molecule has 0 saturated heterocycles. The molecule has 0 fully saturated rings. The van der Waals surface area contributed by atoms with Crippen molar-refractivity contribution < 1.29 is 17.9 Å². The van der Waals surface area contributed by atoms with Gasteiger partial charge in [0.05, 0.1) is 29.3 Å². The Balaban J connectivity index is 1.65. The molecule has 4 aromatic rings. The van der Waals surface area contributed by atoms with Crippen LogP contribution in [0, 0.1) is 0 Å². The monoisotopic (exact) mass is 413 g/mol. The molecular weight excluding hydrogens is 399 g/mol. The lowest BCUT2D eigenvalue weighted by atomic mass is 10.1. The van der Waals surface area contributed by atoms with Gasteiger partial charge in [0.1, 0.15) is 6.33 Å². The lowest BCUT2D eigenvalue weighted by Gasteiger charge is -2.11. The maximum atomic E-state index is 12.8. The second-order valence-corrected chi connectivity index (χ2v) is 6.29. The highest BCUT2D eigenvalue weighted by Gasteiger charge is 2.30. The molecule has 2 heterocycles. The molecule has 0 aliphatic rings. The Morgan fingerprint density at radius 1 is 1.00 bits per heavy atom. The number of ether oxygens (including phenoxy) is 1. The van der Waals surface area contributed by atoms with E-state index in [9.17, 15) is 18.0 Å². The quantitative estimate of drug-likeness (QED) is 0.508. The average Bonchev–Trinajstić information content (AvgIpc) is 3.07. The van der Waals surface area contributed by atoms with Gasteiger partial charge in [-0.3, -0.25) is 4.98 Å². The molecule has 0 saturated carbocycles. The predicted octanol–water partition coefficient (Wildman–Crippen LogP) is 3.84. The van der Waals surface area contributed by atoms with Gasteiger partial charge in [-0.15, -0.1) is 0 Å². The Hall–Kier alpha value is -3.95. The van der Waals surface area contributed by atoms with E-state index in [0.717, 1.165) is 12.1 Å². The zero-order valence-corrected chi connectivity index (χ0v) is 15.5. The van der Waals surface area contributed by atoms with Crippen LogP contribution in [0.25, 0.3) is 16.9 Å². The van der Waals surface area contributed by atoms with E-state index in [1.54, 1.807) is 24.3 Å². The number of rotatable bonds is 4. The third-order valence-electron chi connectivity index (χ3n) is 4.28. The van der Waals surface area contributed by atoms with E-state index in [1.165, 1.54) is 47.2 Å². The first-order chi connectivity index (χ1) is 14.3. The molecule has 7 nitrogen and oxygen atoms in total. The summed E-state index contributed by atoms with van der Waals surface area (Å²) in [7, 11) is 1.53. The number of alkyl halides is 3. The molecule has 0 unspecified atom stereocenters. The van der Waals surface area contributed by atoms with Crippen LogP contribution in [0.15, 0.2) is 72.0 Å². The maximum absolute atomic E-state index is 12.8. The second kappa shape index (κ2) is 7.47. The Morgan fingerprint density at radius 2 is 1.73 bits per heavy atom. The molecule has 10 heteroatoms. The summed E-state index contributed by atoms with van der Waals surface area (Å²) in [4.78, 5) is 20.6. The zero-order valence-electron chi connectivity index (χ0n) is 15.5. The Labute approximate surface area is 168 Å². The summed E-state index contributed by atoms with van der Waals surface area (Å²) in [6.07, 6.45) is -0.249. The second-order valence-electron chi connectivity index (χ2n) is 6.29. The average molecular weight is 413 g/mol. The molecular formula is C20H14F3N5O2. The van der Waals surface area contributed by atoms with Crippen LogP contribution in [0.1, 0.15) is 5.56 Å². The first-order valence-corrected chi connectivity index (χ1v) is 8.70. The molecule has 0 amide bonds. The summed E-state index contributed by atoms with van der Waals surface area (Å²) in [5.41, 5.74) is 0.158. The van der Waals surface area contributed by atoms with Crippen LogP contribution >= 0.6 is 0 Å². The van der Waals surface area contributed by atoms with E-state index in [-0.39, 0.29) is 11.6 Å². The molecule has 0 spiro atoms. The van der Waals surface area contributed by atoms with E-state index in [1.807, 2.05) is 0 Å². The molecule has 152 valence electrons. The van der Waals surface area contributed by atoms with E-state index in [0.29, 0.717) is 22.7 Å². The van der Waals surface area contributed by atoms with Crippen molar-refractivity contribution in [3.05, 3.63) is 83.3 Å². The molecule has 0 radical (unpaired) electrons. The van der Waals surface area contributed by atoms with Crippen molar-refractivity contribution in [1.29, 1.82) is 0 Å². The van der Waals surface area contributed by atoms with Gasteiger partial charge in [-0.2, -0.15) is 18.3 Å². The van der Waals surface area contributed by atoms with E-state index in [2.05, 4.69) is 15.1 Å². The van der Waals surface area contributed by atoms with Crippen molar-refractivity contribution in [1.82, 2.24) is 24.3 Å². The highest BCUT2D eigenvalue weighted by Crippen LogP contribution is 2.31. The van der Waals surface area contributed by atoms with Gasteiger partial charge in [0.2, 0.25) is 5.88 Å². The van der Waals surface area contributed by atoms with Gasteiger partial charge < -0.3 is 4.74 Å². The number of halogens is 3. The van der Waals surface area contributed by atoms with E-state index >= 15 is 0 Å². The number of benzene rings is 2. The lowest BCUT2D eigenvalue weighted by Crippen LogP contribution is -2.21. The predicted molar refractivity (Wildman–Crippen MR) is 101 cm³/mol. The summed E-state index contributed by atoms with van der Waals surface area (Å²) in [6, 6.07) is 11.4. The van der Waals surface area contributed by atoms with Gasteiger partial charge in [0.15, 0.2) is 5.75 Å². The van der Waals surface area contributed by atoms with Crippen molar-refractivity contribution in [2.75, 3.05) is 0 Å². The molecule has 0 bridgehead atoms. The number of para-hydroxylation sites is 2. The third-order valence-corrected chi connectivity index (χ3v) is 4.28. The highest BCUT2D eigenvalue weighted by molar-refractivity contribution is 5.59. The van der Waals surface area contributed by atoms with Gasteiger partial charge in [-0.05, 0) is 24.3 Å². The normalized spacial score (nSPS) is 11.5. The number of hydrogen-bond acceptors (Lipinski definition) is 5. The van der Waals surface area contributed by atoms with E-state index < -0.39 is 11.7 Å². The molecule has 30 heavy (non-hydrogen) atoms. The van der Waals surface area contributed by atoms with Crippen LogP contribution in [0.2, 0.25) is 0 Å². The van der Waals surface area contributed by atoms with Crippen LogP contribution in [0.4, 0.5) is 13.2 Å². The lowest BCUT2D eigenvalue weighted by molar-refractivity contribution is -0.137. The number of hydrogen-bond donors (Lipinski definition) is 0. The number of aromatic nitrogens is 5. The van der Waals surface area contributed by atoms with Crippen LogP contribution < -0.4 is 10.4 Å². The maximum Gasteiger partial charge on any atom is 0.416 e. The van der Waals surface area contributed by atoms with Gasteiger partial charge in [-0.25, -0.2) is 19.0 Å². The van der Waals surface area contributed by atoms with Crippen LogP contribution in [0.3, 0.4) is 0 Å². The third kappa shape index (κ3) is 3.79. The van der Waals surface area contributed by atoms with Crippen LogP contribution in [0.5, 0.6) is 11.6 Å². The molecule has 2 aromatic heterocycles. The van der Waals surface area contributed by atoms with Gasteiger partial charge in [0, 0.05) is 12.6 Å². The fraction of sp³-hybridized carbons (Fsp3) is 0.100. The van der Waals surface area contributed by atoms with Crippen molar-refractivity contribution in [2.45, 2.75) is 6.18 Å². The summed E-state index contributed by atoms with van der Waals surface area (Å²) in [5, 5.41) is 3.92. The first kappa shape index (κ1) is 19.4.